The highest BCUT2D eigenvalue weighted by Crippen LogP contribution is 2.35. The number of amidine groups is 1. The number of benzene rings is 3. The highest BCUT2D eigenvalue weighted by atomic mass is 35.5. The van der Waals surface area contributed by atoms with E-state index in [1.165, 1.54) is 37.3 Å². The predicted molar refractivity (Wildman–Crippen MR) is 153 cm³/mol. The third kappa shape index (κ3) is 6.08. The topological polar surface area (TPSA) is 118 Å². The number of hydrogen-bond donors (Lipinski definition) is 2. The molecule has 0 spiro atoms. The Kier molecular flexibility index (Phi) is 8.58. The van der Waals surface area contributed by atoms with E-state index in [1.54, 1.807) is 55.5 Å². The smallest absolute Gasteiger partial charge is 0.337 e. The number of nitrogens with zero attached hydrogens (tertiary/aromatic N) is 2. The van der Waals surface area contributed by atoms with Crippen LogP contribution in [0.15, 0.2) is 77.4 Å². The second-order valence-corrected chi connectivity index (χ2v) is 9.95. The monoisotopic (exact) mass is 565 g/mol. The fourth-order valence-electron chi connectivity index (χ4n) is 3.78. The summed E-state index contributed by atoms with van der Waals surface area (Å²) in [5.41, 5.74) is 1.50. The van der Waals surface area contributed by atoms with Crippen LogP contribution in [-0.2, 0) is 9.59 Å². The number of carbonyl (C=O) groups excluding carboxylic acids is 2. The van der Waals surface area contributed by atoms with Gasteiger partial charge in [-0.15, -0.1) is 0 Å². The molecule has 0 aromatic heterocycles. The summed E-state index contributed by atoms with van der Waals surface area (Å²) < 4.78 is 10.8. The van der Waals surface area contributed by atoms with E-state index in [2.05, 4.69) is 10.3 Å². The zero-order chi connectivity index (χ0) is 28.1. The van der Waals surface area contributed by atoms with Crippen molar-refractivity contribution in [3.63, 3.8) is 0 Å². The first kappa shape index (κ1) is 27.7. The number of halogens is 1. The molecule has 0 aliphatic carbocycles. The maximum absolute atomic E-state index is 13.5. The minimum atomic E-state index is -1.21. The summed E-state index contributed by atoms with van der Waals surface area (Å²) in [4.78, 5) is 43.9. The van der Waals surface area contributed by atoms with Gasteiger partial charge in [-0.05, 0) is 49.4 Å². The molecule has 2 N–H and O–H groups in total. The SMILES string of the molecule is COc1cccc(/C=C2/N=C(SC(C)C(=O)Nc3ccc(Cl)c(C(=O)O)c3)N(c3ccccc3)C2=O)c1OC. The highest BCUT2D eigenvalue weighted by Gasteiger charge is 2.34. The van der Waals surface area contributed by atoms with Gasteiger partial charge in [-0.2, -0.15) is 0 Å². The fraction of sp³-hybridized carbons (Fsp3) is 0.143. The van der Waals surface area contributed by atoms with E-state index in [4.69, 9.17) is 21.1 Å². The first-order valence-corrected chi connectivity index (χ1v) is 12.9. The lowest BCUT2D eigenvalue weighted by Gasteiger charge is -2.20. The number of aliphatic imine (C=N–C) groups is 1. The number of hydrogen-bond acceptors (Lipinski definition) is 7. The van der Waals surface area contributed by atoms with Crippen molar-refractivity contribution in [3.8, 4) is 11.5 Å². The van der Waals surface area contributed by atoms with Crippen molar-refractivity contribution in [1.82, 2.24) is 0 Å². The number of thioether (sulfide) groups is 1. The predicted octanol–water partition coefficient (Wildman–Crippen LogP) is 5.56. The molecule has 200 valence electrons. The molecule has 2 amide bonds. The number of aromatic carboxylic acids is 1. The third-order valence-electron chi connectivity index (χ3n) is 5.69. The van der Waals surface area contributed by atoms with Crippen molar-refractivity contribution in [2.75, 3.05) is 24.4 Å². The van der Waals surface area contributed by atoms with Crippen molar-refractivity contribution in [2.45, 2.75) is 12.2 Å². The van der Waals surface area contributed by atoms with E-state index in [0.717, 1.165) is 11.8 Å². The van der Waals surface area contributed by atoms with Gasteiger partial charge in [-0.25, -0.2) is 9.79 Å². The fourth-order valence-corrected chi connectivity index (χ4v) is 4.90. The first-order chi connectivity index (χ1) is 18.7. The number of carbonyl (C=O) groups is 3. The molecule has 1 aliphatic rings. The zero-order valence-electron chi connectivity index (χ0n) is 21.2. The van der Waals surface area contributed by atoms with Crippen molar-refractivity contribution < 1.29 is 29.0 Å². The molecule has 4 rings (SSSR count). The quantitative estimate of drug-likeness (QED) is 0.343. The second kappa shape index (κ2) is 12.1. The van der Waals surface area contributed by atoms with Gasteiger partial charge in [0, 0.05) is 11.3 Å². The van der Waals surface area contributed by atoms with E-state index in [0.29, 0.717) is 27.9 Å². The molecule has 0 radical (unpaired) electrons. The van der Waals surface area contributed by atoms with Crippen molar-refractivity contribution in [1.29, 1.82) is 0 Å². The van der Waals surface area contributed by atoms with Gasteiger partial charge in [0.05, 0.1) is 35.7 Å². The van der Waals surface area contributed by atoms with Crippen LogP contribution in [0.4, 0.5) is 11.4 Å². The molecule has 3 aromatic rings. The Morgan fingerprint density at radius 2 is 1.82 bits per heavy atom. The molecule has 1 unspecified atom stereocenters. The van der Waals surface area contributed by atoms with Crippen molar-refractivity contribution in [3.05, 3.63) is 88.6 Å². The standard InChI is InChI=1S/C28H24ClN3O6S/c1-16(25(33)30-18-12-13-21(29)20(15-18)27(35)36)39-28-31-22(26(34)32(28)19-9-5-4-6-10-19)14-17-8-7-11-23(37-2)24(17)38-3/h4-16H,1-3H3,(H,30,33)(H,35,36)/b22-14+. The minimum absolute atomic E-state index is 0.0623. The minimum Gasteiger partial charge on any atom is -0.493 e. The number of rotatable bonds is 8. The van der Waals surface area contributed by atoms with Gasteiger partial charge in [0.1, 0.15) is 5.70 Å². The van der Waals surface area contributed by atoms with E-state index in [-0.39, 0.29) is 27.9 Å². The summed E-state index contributed by atoms with van der Waals surface area (Å²) in [5.74, 6) is -1.02. The molecule has 0 bridgehead atoms. The summed E-state index contributed by atoms with van der Waals surface area (Å²) in [6.07, 6.45) is 1.61. The van der Waals surface area contributed by atoms with E-state index < -0.39 is 17.1 Å². The Morgan fingerprint density at radius 3 is 2.49 bits per heavy atom. The number of ether oxygens (including phenoxy) is 2. The Hall–Kier alpha value is -4.28. The van der Waals surface area contributed by atoms with Gasteiger partial charge >= 0.3 is 5.97 Å². The van der Waals surface area contributed by atoms with Gasteiger partial charge in [-0.3, -0.25) is 14.5 Å². The van der Waals surface area contributed by atoms with Crippen LogP contribution in [0.25, 0.3) is 6.08 Å². The van der Waals surface area contributed by atoms with Crippen molar-refractivity contribution >= 4 is 63.8 Å². The molecule has 0 saturated heterocycles. The van der Waals surface area contributed by atoms with Gasteiger partial charge in [0.25, 0.3) is 5.91 Å². The van der Waals surface area contributed by atoms with E-state index >= 15 is 0 Å². The van der Waals surface area contributed by atoms with Crippen LogP contribution < -0.4 is 19.7 Å². The van der Waals surface area contributed by atoms with Crippen LogP contribution in [0.1, 0.15) is 22.8 Å². The third-order valence-corrected chi connectivity index (χ3v) is 7.07. The van der Waals surface area contributed by atoms with Gasteiger partial charge in [0.15, 0.2) is 16.7 Å². The molecular formula is C28H24ClN3O6S. The Balaban J connectivity index is 1.64. The zero-order valence-corrected chi connectivity index (χ0v) is 22.7. The van der Waals surface area contributed by atoms with Crippen LogP contribution in [0, 0.1) is 0 Å². The average molecular weight is 566 g/mol. The molecule has 39 heavy (non-hydrogen) atoms. The van der Waals surface area contributed by atoms with Crippen LogP contribution in [0.3, 0.4) is 0 Å². The lowest BCUT2D eigenvalue weighted by Crippen LogP contribution is -2.33. The molecule has 11 heteroatoms. The summed E-state index contributed by atoms with van der Waals surface area (Å²) in [6, 6.07) is 18.5. The number of methoxy groups -OCH3 is 2. The van der Waals surface area contributed by atoms with Crippen LogP contribution in [0.2, 0.25) is 5.02 Å². The number of para-hydroxylation sites is 2. The lowest BCUT2D eigenvalue weighted by atomic mass is 10.1. The Morgan fingerprint density at radius 1 is 1.08 bits per heavy atom. The summed E-state index contributed by atoms with van der Waals surface area (Å²) >= 11 is 7.02. The lowest BCUT2D eigenvalue weighted by molar-refractivity contribution is -0.115. The van der Waals surface area contributed by atoms with Gasteiger partial charge in [0.2, 0.25) is 5.91 Å². The molecule has 0 fully saturated rings. The normalized spacial score (nSPS) is 14.7. The molecule has 1 atom stereocenters. The molecular weight excluding hydrogens is 542 g/mol. The second-order valence-electron chi connectivity index (χ2n) is 8.23. The molecule has 3 aromatic carbocycles. The average Bonchev–Trinajstić information content (AvgIpc) is 3.23. The summed E-state index contributed by atoms with van der Waals surface area (Å²) in [7, 11) is 3.04. The number of anilines is 2. The maximum atomic E-state index is 13.5. The summed E-state index contributed by atoms with van der Waals surface area (Å²) in [5, 5.41) is 11.7. The highest BCUT2D eigenvalue weighted by molar-refractivity contribution is 8.15. The van der Waals surface area contributed by atoms with Crippen LogP contribution >= 0.6 is 23.4 Å². The number of amides is 2. The molecule has 0 saturated carbocycles. The molecule has 1 aliphatic heterocycles. The largest absolute Gasteiger partial charge is 0.493 e. The van der Waals surface area contributed by atoms with Crippen LogP contribution in [-0.4, -0.2) is 47.5 Å². The first-order valence-electron chi connectivity index (χ1n) is 11.6. The van der Waals surface area contributed by atoms with Gasteiger partial charge < -0.3 is 19.9 Å². The van der Waals surface area contributed by atoms with E-state index in [1.807, 2.05) is 6.07 Å². The number of nitrogens with one attached hydrogen (secondary N) is 1. The number of carboxylic acids is 1. The molecule has 1 heterocycles. The van der Waals surface area contributed by atoms with E-state index in [9.17, 15) is 19.5 Å². The molecule has 9 nitrogen and oxygen atoms in total. The van der Waals surface area contributed by atoms with Crippen LogP contribution in [0.5, 0.6) is 11.5 Å². The Labute approximate surface area is 234 Å². The Bertz CT molecular complexity index is 1490. The maximum Gasteiger partial charge on any atom is 0.337 e. The van der Waals surface area contributed by atoms with Crippen molar-refractivity contribution in [2.24, 2.45) is 4.99 Å². The van der Waals surface area contributed by atoms with Gasteiger partial charge in [-0.1, -0.05) is 53.7 Å². The number of carboxylic acid groups (broad SMARTS) is 1. The summed E-state index contributed by atoms with van der Waals surface area (Å²) in [6.45, 7) is 1.66.